The van der Waals surface area contributed by atoms with Crippen LogP contribution in [0.3, 0.4) is 0 Å². The van der Waals surface area contributed by atoms with Crippen LogP contribution in [0, 0.1) is 0 Å². The summed E-state index contributed by atoms with van der Waals surface area (Å²) in [6.45, 7) is 3.67. The number of carbonyl (C=O) groups is 2. The zero-order valence-electron chi connectivity index (χ0n) is 7.44. The third kappa shape index (κ3) is 1.06. The zero-order chi connectivity index (χ0) is 9.80. The van der Waals surface area contributed by atoms with Crippen LogP contribution in [0.4, 0.5) is 0 Å². The highest BCUT2D eigenvalue weighted by Crippen LogP contribution is 2.50. The smallest absolute Gasteiger partial charge is 0.227 e. The molecular formula is C8H10NO3S-. The van der Waals surface area contributed by atoms with Gasteiger partial charge in [-0.05, 0) is 13.8 Å². The molecule has 2 atom stereocenters. The molecule has 1 amide bonds. The standard InChI is InChI=1S/C8H11NO3S/c1-8(2)6(7(11)12)9-4(10)3-5(9)13-8/h5-6H,3H2,1-2H3,(H,11,12)/p-1. The summed E-state index contributed by atoms with van der Waals surface area (Å²) in [4.78, 5) is 23.4. The molecule has 0 aliphatic carbocycles. The lowest BCUT2D eigenvalue weighted by atomic mass is 9.98. The van der Waals surface area contributed by atoms with E-state index in [1.807, 2.05) is 13.8 Å². The number of thioether (sulfide) groups is 1. The van der Waals surface area contributed by atoms with E-state index in [9.17, 15) is 14.7 Å². The Labute approximate surface area is 80.3 Å². The fourth-order valence-electron chi connectivity index (χ4n) is 1.96. The molecular weight excluding hydrogens is 190 g/mol. The van der Waals surface area contributed by atoms with Crippen LogP contribution in [0.25, 0.3) is 0 Å². The average Bonchev–Trinajstić information content (AvgIpc) is 2.18. The van der Waals surface area contributed by atoms with Crippen molar-refractivity contribution >= 4 is 23.6 Å². The number of rotatable bonds is 1. The number of nitrogens with zero attached hydrogens (tertiary/aromatic N) is 1. The molecule has 0 aromatic carbocycles. The minimum Gasteiger partial charge on any atom is -0.548 e. The maximum absolute atomic E-state index is 11.1. The molecule has 0 aromatic heterocycles. The fourth-order valence-corrected chi connectivity index (χ4v) is 3.58. The van der Waals surface area contributed by atoms with Crippen LogP contribution in [0.15, 0.2) is 0 Å². The van der Waals surface area contributed by atoms with Crippen LogP contribution in [0.1, 0.15) is 20.3 Å². The maximum Gasteiger partial charge on any atom is 0.227 e. The van der Waals surface area contributed by atoms with Gasteiger partial charge in [0.1, 0.15) is 0 Å². The van der Waals surface area contributed by atoms with E-state index >= 15 is 0 Å². The van der Waals surface area contributed by atoms with Gasteiger partial charge in [-0.1, -0.05) is 0 Å². The van der Waals surface area contributed by atoms with E-state index in [4.69, 9.17) is 0 Å². The zero-order valence-corrected chi connectivity index (χ0v) is 8.26. The highest BCUT2D eigenvalue weighted by molar-refractivity contribution is 8.01. The molecule has 72 valence electrons. The van der Waals surface area contributed by atoms with Gasteiger partial charge < -0.3 is 14.8 Å². The highest BCUT2D eigenvalue weighted by atomic mass is 32.2. The van der Waals surface area contributed by atoms with Crippen molar-refractivity contribution in [3.05, 3.63) is 0 Å². The lowest BCUT2D eigenvalue weighted by molar-refractivity contribution is -0.312. The van der Waals surface area contributed by atoms with E-state index in [0.717, 1.165) is 0 Å². The molecule has 2 aliphatic heterocycles. The number of hydrogen-bond donors (Lipinski definition) is 0. The molecule has 0 aromatic rings. The predicted octanol–water partition coefficient (Wildman–Crippen LogP) is -0.811. The summed E-state index contributed by atoms with van der Waals surface area (Å²) < 4.78 is -0.421. The predicted molar refractivity (Wildman–Crippen MR) is 45.7 cm³/mol. The Bertz CT molecular complexity index is 289. The van der Waals surface area contributed by atoms with Gasteiger partial charge in [0.15, 0.2) is 0 Å². The Kier molecular flexibility index (Phi) is 1.64. The molecule has 5 heteroatoms. The lowest BCUT2D eigenvalue weighted by Crippen LogP contribution is -2.60. The molecule has 0 bridgehead atoms. The molecule has 0 N–H and O–H groups in total. The Morgan fingerprint density at radius 3 is 2.69 bits per heavy atom. The Balaban J connectivity index is 2.30. The van der Waals surface area contributed by atoms with Crippen LogP contribution in [0.5, 0.6) is 0 Å². The van der Waals surface area contributed by atoms with Gasteiger partial charge in [0.25, 0.3) is 0 Å². The van der Waals surface area contributed by atoms with Crippen molar-refractivity contribution in [3.63, 3.8) is 0 Å². The highest BCUT2D eigenvalue weighted by Gasteiger charge is 2.55. The fraction of sp³-hybridized carbons (Fsp3) is 0.750. The van der Waals surface area contributed by atoms with Gasteiger partial charge in [0, 0.05) is 4.75 Å². The number of amides is 1. The monoisotopic (exact) mass is 200 g/mol. The van der Waals surface area contributed by atoms with Gasteiger partial charge in [-0.15, -0.1) is 11.8 Å². The molecule has 0 radical (unpaired) electrons. The number of fused-ring (bicyclic) bond motifs is 1. The van der Waals surface area contributed by atoms with E-state index in [2.05, 4.69) is 0 Å². The van der Waals surface area contributed by atoms with Crippen LogP contribution >= 0.6 is 11.8 Å². The van der Waals surface area contributed by atoms with Gasteiger partial charge in [-0.2, -0.15) is 0 Å². The number of β-lactam (4-membered cyclic amide) rings is 1. The van der Waals surface area contributed by atoms with E-state index in [-0.39, 0.29) is 11.3 Å². The van der Waals surface area contributed by atoms with Crippen molar-refractivity contribution in [2.45, 2.75) is 36.4 Å². The third-order valence-corrected chi connectivity index (χ3v) is 4.04. The first kappa shape index (κ1) is 8.87. The van der Waals surface area contributed by atoms with E-state index in [1.54, 1.807) is 11.8 Å². The molecule has 0 saturated carbocycles. The summed E-state index contributed by atoms with van der Waals surface area (Å²) in [5, 5.41) is 10.9. The number of carbonyl (C=O) groups excluding carboxylic acids is 2. The van der Waals surface area contributed by atoms with E-state index < -0.39 is 16.8 Å². The van der Waals surface area contributed by atoms with Crippen molar-refractivity contribution in [3.8, 4) is 0 Å². The van der Waals surface area contributed by atoms with Gasteiger partial charge in [0.05, 0.1) is 23.8 Å². The van der Waals surface area contributed by atoms with Crippen molar-refractivity contribution in [2.24, 2.45) is 0 Å². The Morgan fingerprint density at radius 2 is 2.31 bits per heavy atom. The number of aliphatic carboxylic acids is 1. The van der Waals surface area contributed by atoms with Crippen LogP contribution in [-0.2, 0) is 9.59 Å². The van der Waals surface area contributed by atoms with Gasteiger partial charge in [-0.3, -0.25) is 4.79 Å². The number of carboxylic acid groups (broad SMARTS) is 1. The van der Waals surface area contributed by atoms with Gasteiger partial charge in [0.2, 0.25) is 5.91 Å². The van der Waals surface area contributed by atoms with Crippen molar-refractivity contribution < 1.29 is 14.7 Å². The summed E-state index contributed by atoms with van der Waals surface area (Å²) in [7, 11) is 0. The van der Waals surface area contributed by atoms with E-state index in [1.165, 1.54) is 4.90 Å². The summed E-state index contributed by atoms with van der Waals surface area (Å²) in [5.41, 5.74) is 0. The molecule has 2 heterocycles. The second-order valence-electron chi connectivity index (χ2n) is 3.90. The summed E-state index contributed by atoms with van der Waals surface area (Å²) >= 11 is 1.54. The lowest BCUT2D eigenvalue weighted by Gasteiger charge is -2.39. The van der Waals surface area contributed by atoms with Crippen LogP contribution < -0.4 is 5.11 Å². The second-order valence-corrected chi connectivity index (χ2v) is 5.73. The molecule has 2 fully saturated rings. The van der Waals surface area contributed by atoms with Gasteiger partial charge >= 0.3 is 0 Å². The Hall–Kier alpha value is -0.710. The SMILES string of the molecule is CC1(C)SC2CC(=O)N2C1C(=O)[O-]. The van der Waals surface area contributed by atoms with Crippen LogP contribution in [0.2, 0.25) is 0 Å². The third-order valence-electron chi connectivity index (χ3n) is 2.55. The van der Waals surface area contributed by atoms with Gasteiger partial charge in [-0.25, -0.2) is 0 Å². The number of hydrogen-bond acceptors (Lipinski definition) is 4. The van der Waals surface area contributed by atoms with Crippen LogP contribution in [-0.4, -0.2) is 32.9 Å². The van der Waals surface area contributed by atoms with Crippen molar-refractivity contribution in [1.29, 1.82) is 0 Å². The molecule has 2 rings (SSSR count). The molecule has 13 heavy (non-hydrogen) atoms. The Morgan fingerprint density at radius 1 is 1.69 bits per heavy atom. The quantitative estimate of drug-likeness (QED) is 0.519. The second kappa shape index (κ2) is 2.41. The van der Waals surface area contributed by atoms with Crippen molar-refractivity contribution in [1.82, 2.24) is 4.90 Å². The minimum atomic E-state index is -1.15. The minimum absolute atomic E-state index is 0.0606. The summed E-state index contributed by atoms with van der Waals surface area (Å²) in [6.07, 6.45) is 0.470. The first-order valence-corrected chi connectivity index (χ1v) is 5.01. The average molecular weight is 200 g/mol. The summed E-state index contributed by atoms with van der Waals surface area (Å²) in [6, 6.07) is -0.760. The molecule has 4 nitrogen and oxygen atoms in total. The summed E-state index contributed by atoms with van der Waals surface area (Å²) in [5.74, 6) is -1.22. The van der Waals surface area contributed by atoms with Crippen molar-refractivity contribution in [2.75, 3.05) is 0 Å². The largest absolute Gasteiger partial charge is 0.548 e. The molecule has 0 spiro atoms. The molecule has 2 saturated heterocycles. The molecule has 2 unspecified atom stereocenters. The molecule has 2 aliphatic rings. The first-order chi connectivity index (χ1) is 5.93. The maximum atomic E-state index is 11.1. The normalized spacial score (nSPS) is 35.5. The topological polar surface area (TPSA) is 60.4 Å². The number of carboxylic acids is 1. The van der Waals surface area contributed by atoms with E-state index in [0.29, 0.717) is 6.42 Å². The first-order valence-electron chi connectivity index (χ1n) is 4.13.